The molecular weight excluding hydrogens is 284 g/mol. The molecule has 0 atom stereocenters. The second-order valence-corrected chi connectivity index (χ2v) is 5.89. The molecule has 0 bridgehead atoms. The number of thiazole rings is 1. The van der Waals surface area contributed by atoms with E-state index in [1.54, 1.807) is 11.1 Å². The smallest absolute Gasteiger partial charge is 0.323 e. The minimum Gasteiger partial charge on any atom is -0.480 e. The van der Waals surface area contributed by atoms with Crippen molar-refractivity contribution in [2.45, 2.75) is 13.5 Å². The number of aromatic nitrogens is 1. The Balaban J connectivity index is 2.20. The molecular formula is C13H13ClN2O2S. The van der Waals surface area contributed by atoms with Gasteiger partial charge >= 0.3 is 5.97 Å². The van der Waals surface area contributed by atoms with Gasteiger partial charge in [-0.1, -0.05) is 29.3 Å². The van der Waals surface area contributed by atoms with Crippen LogP contribution in [0.5, 0.6) is 0 Å². The molecule has 4 nitrogen and oxygen atoms in total. The number of carbonyl (C=O) groups is 1. The molecule has 0 aliphatic rings. The number of rotatable bonds is 5. The third-order valence-corrected chi connectivity index (χ3v) is 3.68. The second kappa shape index (κ2) is 6.04. The van der Waals surface area contributed by atoms with Crippen molar-refractivity contribution in [1.82, 2.24) is 4.98 Å². The summed E-state index contributed by atoms with van der Waals surface area (Å²) in [5.74, 6) is -0.872. The van der Waals surface area contributed by atoms with Crippen molar-refractivity contribution < 1.29 is 9.90 Å². The minimum atomic E-state index is -0.872. The molecule has 0 amide bonds. The average Bonchev–Trinajstić information content (AvgIpc) is 2.74. The quantitative estimate of drug-likeness (QED) is 0.920. The highest BCUT2D eigenvalue weighted by molar-refractivity contribution is 7.15. The normalized spacial score (nSPS) is 10.4. The van der Waals surface area contributed by atoms with Crippen LogP contribution in [-0.4, -0.2) is 22.6 Å². The van der Waals surface area contributed by atoms with Gasteiger partial charge in [0, 0.05) is 5.69 Å². The number of aryl methyl sites for hydroxylation is 1. The van der Waals surface area contributed by atoms with Crippen molar-refractivity contribution >= 4 is 34.6 Å². The number of halogens is 1. The summed E-state index contributed by atoms with van der Waals surface area (Å²) >= 11 is 7.20. The molecule has 6 heteroatoms. The highest BCUT2D eigenvalue weighted by atomic mass is 35.5. The molecule has 1 aromatic carbocycles. The van der Waals surface area contributed by atoms with Crippen molar-refractivity contribution in [2.75, 3.05) is 11.4 Å². The lowest BCUT2D eigenvalue weighted by Crippen LogP contribution is -2.29. The number of carboxylic acid groups (broad SMARTS) is 1. The molecule has 0 unspecified atom stereocenters. The first-order chi connectivity index (χ1) is 9.04. The van der Waals surface area contributed by atoms with Gasteiger partial charge in [-0.2, -0.15) is 0 Å². The largest absolute Gasteiger partial charge is 0.480 e. The molecule has 0 aliphatic heterocycles. The van der Waals surface area contributed by atoms with Gasteiger partial charge in [-0.25, -0.2) is 4.98 Å². The Morgan fingerprint density at radius 1 is 1.42 bits per heavy atom. The van der Waals surface area contributed by atoms with Gasteiger partial charge in [-0.3, -0.25) is 4.79 Å². The van der Waals surface area contributed by atoms with Crippen molar-refractivity contribution in [1.29, 1.82) is 0 Å². The summed E-state index contributed by atoms with van der Waals surface area (Å²) in [4.78, 5) is 16.9. The molecule has 0 spiro atoms. The first-order valence-corrected chi connectivity index (χ1v) is 6.87. The zero-order chi connectivity index (χ0) is 13.8. The van der Waals surface area contributed by atoms with Crippen LogP contribution in [0.2, 0.25) is 4.34 Å². The number of carboxylic acids is 1. The van der Waals surface area contributed by atoms with Crippen LogP contribution in [0, 0.1) is 6.92 Å². The summed E-state index contributed by atoms with van der Waals surface area (Å²) in [6, 6.07) is 7.74. The summed E-state index contributed by atoms with van der Waals surface area (Å²) < 4.78 is 0.606. The minimum absolute atomic E-state index is 0.0692. The van der Waals surface area contributed by atoms with Crippen LogP contribution in [0.1, 0.15) is 10.6 Å². The highest BCUT2D eigenvalue weighted by Crippen LogP contribution is 2.23. The fourth-order valence-electron chi connectivity index (χ4n) is 1.68. The van der Waals surface area contributed by atoms with Gasteiger partial charge in [-0.05, 0) is 19.1 Å². The summed E-state index contributed by atoms with van der Waals surface area (Å²) in [5.41, 5.74) is 2.00. The van der Waals surface area contributed by atoms with Gasteiger partial charge in [0.2, 0.25) is 0 Å². The van der Waals surface area contributed by atoms with E-state index in [2.05, 4.69) is 4.98 Å². The first-order valence-electron chi connectivity index (χ1n) is 5.68. The second-order valence-electron chi connectivity index (χ2n) is 4.14. The van der Waals surface area contributed by atoms with E-state index < -0.39 is 5.97 Å². The molecule has 0 saturated heterocycles. The van der Waals surface area contributed by atoms with Crippen molar-refractivity contribution in [2.24, 2.45) is 0 Å². The van der Waals surface area contributed by atoms with E-state index in [1.165, 1.54) is 11.3 Å². The maximum absolute atomic E-state index is 11.0. The van der Waals surface area contributed by atoms with E-state index in [-0.39, 0.29) is 6.54 Å². The molecule has 1 aromatic heterocycles. The van der Waals surface area contributed by atoms with Crippen molar-refractivity contribution in [3.8, 4) is 0 Å². The van der Waals surface area contributed by atoms with Crippen LogP contribution in [0.3, 0.4) is 0 Å². The van der Waals surface area contributed by atoms with E-state index in [0.717, 1.165) is 16.3 Å². The van der Waals surface area contributed by atoms with Crippen molar-refractivity contribution in [3.63, 3.8) is 0 Å². The van der Waals surface area contributed by atoms with Crippen LogP contribution in [0.4, 0.5) is 5.69 Å². The highest BCUT2D eigenvalue weighted by Gasteiger charge is 2.13. The lowest BCUT2D eigenvalue weighted by atomic mass is 10.2. The van der Waals surface area contributed by atoms with E-state index in [0.29, 0.717) is 10.9 Å². The molecule has 1 N–H and O–H groups in total. The van der Waals surface area contributed by atoms with E-state index in [1.807, 2.05) is 31.2 Å². The average molecular weight is 297 g/mol. The maximum Gasteiger partial charge on any atom is 0.323 e. The Hall–Kier alpha value is -1.59. The number of nitrogens with zero attached hydrogens (tertiary/aromatic N) is 2. The Morgan fingerprint density at radius 2 is 2.11 bits per heavy atom. The zero-order valence-electron chi connectivity index (χ0n) is 10.3. The Bertz CT molecular complexity index is 568. The summed E-state index contributed by atoms with van der Waals surface area (Å²) in [5, 5.41) is 9.80. The molecule has 100 valence electrons. The number of anilines is 1. The van der Waals surface area contributed by atoms with Crippen molar-refractivity contribution in [3.05, 3.63) is 45.4 Å². The predicted molar refractivity (Wildman–Crippen MR) is 77.0 cm³/mol. The van der Waals surface area contributed by atoms with E-state index in [4.69, 9.17) is 16.7 Å². The van der Waals surface area contributed by atoms with Gasteiger partial charge in [-0.15, -0.1) is 11.3 Å². The van der Waals surface area contributed by atoms with Crippen LogP contribution < -0.4 is 4.90 Å². The van der Waals surface area contributed by atoms with Crippen LogP contribution in [0.15, 0.2) is 30.5 Å². The lowest BCUT2D eigenvalue weighted by molar-refractivity contribution is -0.135. The first kappa shape index (κ1) is 13.8. The fourth-order valence-corrected chi connectivity index (χ4v) is 2.65. The van der Waals surface area contributed by atoms with Gasteiger partial charge in [0.15, 0.2) is 0 Å². The number of benzene rings is 1. The lowest BCUT2D eigenvalue weighted by Gasteiger charge is -2.21. The topological polar surface area (TPSA) is 53.4 Å². The van der Waals surface area contributed by atoms with Crippen LogP contribution in [0.25, 0.3) is 0 Å². The predicted octanol–water partition coefficient (Wildman–Crippen LogP) is 3.20. The Morgan fingerprint density at radius 3 is 2.63 bits per heavy atom. The Kier molecular flexibility index (Phi) is 4.39. The van der Waals surface area contributed by atoms with Gasteiger partial charge < -0.3 is 10.0 Å². The molecule has 2 rings (SSSR count). The molecule has 1 heterocycles. The van der Waals surface area contributed by atoms with E-state index in [9.17, 15) is 4.79 Å². The molecule has 2 aromatic rings. The summed E-state index contributed by atoms with van der Waals surface area (Å²) in [6.07, 6.45) is 1.58. The number of hydrogen-bond acceptors (Lipinski definition) is 4. The van der Waals surface area contributed by atoms with Crippen LogP contribution >= 0.6 is 22.9 Å². The standard InChI is InChI=1S/C13H13ClN2O2S/c1-9-2-4-10(5-3-9)16(8-13(17)18)7-12-15-6-11(14)19-12/h2-6H,7-8H2,1H3,(H,17,18). The molecule has 0 radical (unpaired) electrons. The SMILES string of the molecule is Cc1ccc(N(CC(=O)O)Cc2ncc(Cl)s2)cc1. The number of hydrogen-bond donors (Lipinski definition) is 1. The molecule has 0 aliphatic carbocycles. The molecule has 0 saturated carbocycles. The third-order valence-electron chi connectivity index (χ3n) is 2.58. The Labute approximate surface area is 120 Å². The monoisotopic (exact) mass is 296 g/mol. The van der Waals surface area contributed by atoms with Gasteiger partial charge in [0.05, 0.1) is 12.7 Å². The zero-order valence-corrected chi connectivity index (χ0v) is 11.9. The molecule has 0 fully saturated rings. The molecule has 19 heavy (non-hydrogen) atoms. The fraction of sp³-hybridized carbons (Fsp3) is 0.231. The third kappa shape index (κ3) is 3.94. The van der Waals surface area contributed by atoms with Crippen LogP contribution in [-0.2, 0) is 11.3 Å². The van der Waals surface area contributed by atoms with Gasteiger partial charge in [0.1, 0.15) is 15.9 Å². The summed E-state index contributed by atoms with van der Waals surface area (Å²) in [6.45, 7) is 2.36. The van der Waals surface area contributed by atoms with E-state index >= 15 is 0 Å². The summed E-state index contributed by atoms with van der Waals surface area (Å²) in [7, 11) is 0. The maximum atomic E-state index is 11.0. The number of aliphatic carboxylic acids is 1. The van der Waals surface area contributed by atoms with Gasteiger partial charge in [0.25, 0.3) is 0 Å².